The van der Waals surface area contributed by atoms with Crippen LogP contribution in [-0.2, 0) is 24.1 Å². The van der Waals surface area contributed by atoms with E-state index in [4.69, 9.17) is 0 Å². The maximum Gasteiger partial charge on any atom is 0.337 e. The van der Waals surface area contributed by atoms with Crippen LogP contribution in [0.3, 0.4) is 0 Å². The topological polar surface area (TPSA) is 116 Å². The first-order chi connectivity index (χ1) is 13.8. The molecule has 9 heteroatoms. The van der Waals surface area contributed by atoms with Crippen molar-refractivity contribution in [2.24, 2.45) is 0 Å². The zero-order valence-electron chi connectivity index (χ0n) is 16.0. The van der Waals surface area contributed by atoms with Crippen LogP contribution in [0.2, 0.25) is 0 Å². The molecule has 0 bridgehead atoms. The second-order valence-electron chi connectivity index (χ2n) is 6.04. The predicted octanol–water partition coefficient (Wildman–Crippen LogP) is 1.61. The van der Waals surface area contributed by atoms with E-state index in [0.29, 0.717) is 0 Å². The molecule has 8 nitrogen and oxygen atoms in total. The van der Waals surface area contributed by atoms with Gasteiger partial charge in [-0.25, -0.2) is 18.0 Å². The summed E-state index contributed by atoms with van der Waals surface area (Å²) in [6.45, 7) is 0. The molecule has 0 aliphatic carbocycles. The summed E-state index contributed by atoms with van der Waals surface area (Å²) >= 11 is 0. The summed E-state index contributed by atoms with van der Waals surface area (Å²) < 4.78 is 34.2. The first-order valence-corrected chi connectivity index (χ1v) is 10.3. The minimum atomic E-state index is -3.64. The van der Waals surface area contributed by atoms with Gasteiger partial charge in [0.1, 0.15) is 6.04 Å². The van der Waals surface area contributed by atoms with Gasteiger partial charge in [-0.05, 0) is 36.8 Å². The number of amides is 1. The lowest BCUT2D eigenvalue weighted by molar-refractivity contribution is -0.142. The number of ether oxygens (including phenoxy) is 2. The van der Waals surface area contributed by atoms with Crippen LogP contribution < -0.4 is 5.32 Å². The molecule has 1 amide bonds. The molecule has 2 aromatic rings. The summed E-state index contributed by atoms with van der Waals surface area (Å²) in [5.74, 6) is -2.40. The molecule has 0 fully saturated rings. The Bertz CT molecular complexity index is 987. The van der Waals surface area contributed by atoms with Crippen LogP contribution in [0.15, 0.2) is 59.5 Å². The predicted molar refractivity (Wildman–Crippen MR) is 104 cm³/mol. The average Bonchev–Trinajstić information content (AvgIpc) is 2.76. The highest BCUT2D eigenvalue weighted by Crippen LogP contribution is 2.13. The number of methoxy groups -OCH3 is 2. The summed E-state index contributed by atoms with van der Waals surface area (Å²) in [5, 5.41) is 2.46. The third-order valence-corrected chi connectivity index (χ3v) is 5.88. The monoisotopic (exact) mass is 419 g/mol. The van der Waals surface area contributed by atoms with Gasteiger partial charge in [0, 0.05) is 5.56 Å². The third-order valence-electron chi connectivity index (χ3n) is 4.11. The van der Waals surface area contributed by atoms with Crippen molar-refractivity contribution in [1.29, 1.82) is 0 Å². The number of benzene rings is 2. The minimum absolute atomic E-state index is 0.118. The molecule has 1 atom stereocenters. The number of carbonyl (C=O) groups excluding carboxylic acids is 3. The van der Waals surface area contributed by atoms with Gasteiger partial charge in [-0.15, -0.1) is 0 Å². The van der Waals surface area contributed by atoms with Crippen molar-refractivity contribution in [2.45, 2.75) is 17.4 Å². The van der Waals surface area contributed by atoms with E-state index >= 15 is 0 Å². The molecule has 0 aliphatic heterocycles. The van der Waals surface area contributed by atoms with Gasteiger partial charge in [0.2, 0.25) is 0 Å². The molecule has 1 N–H and O–H groups in total. The van der Waals surface area contributed by atoms with Crippen LogP contribution in [0.25, 0.3) is 0 Å². The van der Waals surface area contributed by atoms with Crippen molar-refractivity contribution in [3.8, 4) is 0 Å². The molecule has 0 spiro atoms. The van der Waals surface area contributed by atoms with E-state index in [0.717, 1.165) is 7.11 Å². The van der Waals surface area contributed by atoms with E-state index < -0.39 is 33.7 Å². The molecule has 29 heavy (non-hydrogen) atoms. The van der Waals surface area contributed by atoms with Crippen LogP contribution in [0.4, 0.5) is 0 Å². The second-order valence-corrected chi connectivity index (χ2v) is 8.15. The van der Waals surface area contributed by atoms with Crippen molar-refractivity contribution in [1.82, 2.24) is 5.32 Å². The number of esters is 2. The maximum absolute atomic E-state index is 12.5. The van der Waals surface area contributed by atoms with E-state index in [1.54, 1.807) is 18.2 Å². The normalized spacial score (nSPS) is 11.9. The summed E-state index contributed by atoms with van der Waals surface area (Å²) in [4.78, 5) is 36.3. The highest BCUT2D eigenvalue weighted by molar-refractivity contribution is 7.91. The number of rotatable bonds is 8. The summed E-state index contributed by atoms with van der Waals surface area (Å²) in [7, 11) is -1.28. The Labute approximate surface area is 168 Å². The minimum Gasteiger partial charge on any atom is -0.467 e. The molecule has 154 valence electrons. The van der Waals surface area contributed by atoms with Gasteiger partial charge in [-0.3, -0.25) is 4.79 Å². The molecule has 0 radical (unpaired) electrons. The lowest BCUT2D eigenvalue weighted by Gasteiger charge is -2.17. The van der Waals surface area contributed by atoms with E-state index in [2.05, 4.69) is 14.8 Å². The summed E-state index contributed by atoms with van der Waals surface area (Å²) in [5.41, 5.74) is 0.286. The first-order valence-electron chi connectivity index (χ1n) is 8.63. The highest BCUT2D eigenvalue weighted by Gasteiger charge is 2.26. The van der Waals surface area contributed by atoms with Crippen molar-refractivity contribution < 1.29 is 32.3 Å². The van der Waals surface area contributed by atoms with Gasteiger partial charge < -0.3 is 14.8 Å². The van der Waals surface area contributed by atoms with Gasteiger partial charge in [-0.1, -0.05) is 24.3 Å². The average molecular weight is 419 g/mol. The van der Waals surface area contributed by atoms with Crippen LogP contribution in [-0.4, -0.2) is 52.3 Å². The molecular weight excluding hydrogens is 398 g/mol. The van der Waals surface area contributed by atoms with E-state index in [1.165, 1.54) is 43.5 Å². The lowest BCUT2D eigenvalue weighted by atomic mass is 10.1. The van der Waals surface area contributed by atoms with Gasteiger partial charge in [0.25, 0.3) is 5.91 Å². The Balaban J connectivity index is 2.14. The molecule has 2 rings (SSSR count). The van der Waals surface area contributed by atoms with E-state index in [-0.39, 0.29) is 28.2 Å². The van der Waals surface area contributed by atoms with Crippen LogP contribution in [0, 0.1) is 0 Å². The number of hydrogen-bond acceptors (Lipinski definition) is 7. The van der Waals surface area contributed by atoms with Gasteiger partial charge in [0.05, 0.1) is 30.4 Å². The molecule has 0 saturated carbocycles. The Morgan fingerprint density at radius 3 is 2.21 bits per heavy atom. The van der Waals surface area contributed by atoms with Gasteiger partial charge in [-0.2, -0.15) is 0 Å². The zero-order valence-corrected chi connectivity index (χ0v) is 16.8. The molecule has 0 unspecified atom stereocenters. The fourth-order valence-corrected chi connectivity index (χ4v) is 3.91. The first kappa shape index (κ1) is 22.1. The number of hydrogen-bond donors (Lipinski definition) is 1. The standard InChI is InChI=1S/C20H21NO7S/c1-27-19(23)15-8-6-7-14(13-15)18(22)21-17(20(24)28-2)11-12-29(25,26)16-9-4-3-5-10-16/h3-10,13,17H,11-12H2,1-2H3,(H,21,22)/t17-/m1/s1. The van der Waals surface area contributed by atoms with E-state index in [9.17, 15) is 22.8 Å². The molecule has 0 saturated heterocycles. The largest absolute Gasteiger partial charge is 0.467 e. The van der Waals surface area contributed by atoms with Crippen molar-refractivity contribution in [2.75, 3.05) is 20.0 Å². The summed E-state index contributed by atoms with van der Waals surface area (Å²) in [6.07, 6.45) is -0.174. The van der Waals surface area contributed by atoms with E-state index in [1.807, 2.05) is 0 Å². The summed E-state index contributed by atoms with van der Waals surface area (Å²) in [6, 6.07) is 12.4. The Hall–Kier alpha value is -3.20. The lowest BCUT2D eigenvalue weighted by Crippen LogP contribution is -2.42. The van der Waals surface area contributed by atoms with Gasteiger partial charge in [0.15, 0.2) is 9.84 Å². The maximum atomic E-state index is 12.5. The molecular formula is C20H21NO7S. The second kappa shape index (κ2) is 9.83. The van der Waals surface area contributed by atoms with Crippen LogP contribution in [0.5, 0.6) is 0 Å². The highest BCUT2D eigenvalue weighted by atomic mass is 32.2. The smallest absolute Gasteiger partial charge is 0.337 e. The Kier molecular flexibility index (Phi) is 7.49. The Morgan fingerprint density at radius 2 is 1.59 bits per heavy atom. The van der Waals surface area contributed by atoms with Crippen LogP contribution in [0.1, 0.15) is 27.1 Å². The van der Waals surface area contributed by atoms with Crippen molar-refractivity contribution in [3.05, 3.63) is 65.7 Å². The Morgan fingerprint density at radius 1 is 0.931 bits per heavy atom. The molecule has 0 aromatic heterocycles. The third kappa shape index (κ3) is 5.89. The van der Waals surface area contributed by atoms with Gasteiger partial charge >= 0.3 is 11.9 Å². The van der Waals surface area contributed by atoms with Crippen molar-refractivity contribution >= 4 is 27.7 Å². The molecule has 2 aromatic carbocycles. The number of sulfone groups is 1. The fraction of sp³-hybridized carbons (Fsp3) is 0.250. The number of carbonyl (C=O) groups is 3. The quantitative estimate of drug-likeness (QED) is 0.646. The van der Waals surface area contributed by atoms with Crippen LogP contribution >= 0.6 is 0 Å². The zero-order chi connectivity index (χ0) is 21.4. The SMILES string of the molecule is COC(=O)c1cccc(C(=O)N[C@H](CCS(=O)(=O)c2ccccc2)C(=O)OC)c1. The molecule has 0 aliphatic rings. The van der Waals surface area contributed by atoms with Crippen molar-refractivity contribution in [3.63, 3.8) is 0 Å². The fourth-order valence-electron chi connectivity index (χ4n) is 2.56. The molecule has 0 heterocycles. The number of nitrogens with one attached hydrogen (secondary N) is 1.